The van der Waals surface area contributed by atoms with Gasteiger partial charge in [-0.2, -0.15) is 0 Å². The van der Waals surface area contributed by atoms with Crippen LogP contribution in [0.3, 0.4) is 0 Å². The molecule has 1 spiro atoms. The number of ether oxygens (including phenoxy) is 1. The maximum absolute atomic E-state index is 13.9. The summed E-state index contributed by atoms with van der Waals surface area (Å²) in [5, 5.41) is 0. The zero-order valence-corrected chi connectivity index (χ0v) is 22.3. The van der Waals surface area contributed by atoms with Gasteiger partial charge in [0, 0.05) is 37.4 Å². The predicted octanol–water partition coefficient (Wildman–Crippen LogP) is 3.77. The molecule has 0 saturated carbocycles. The molecule has 8 heteroatoms. The Morgan fingerprint density at radius 2 is 1.58 bits per heavy atom. The van der Waals surface area contributed by atoms with Crippen molar-refractivity contribution in [1.29, 1.82) is 0 Å². The predicted molar refractivity (Wildman–Crippen MR) is 146 cm³/mol. The van der Waals surface area contributed by atoms with Crippen LogP contribution in [0.25, 0.3) is 0 Å². The highest BCUT2D eigenvalue weighted by Gasteiger charge is 2.54. The molecular formula is C30H38N4O4. The second-order valence-corrected chi connectivity index (χ2v) is 10.5. The number of unbranched alkanes of at least 4 members (excludes halogenated alkanes) is 1. The Labute approximate surface area is 225 Å². The van der Waals surface area contributed by atoms with Crippen molar-refractivity contribution in [3.63, 3.8) is 0 Å². The van der Waals surface area contributed by atoms with Gasteiger partial charge in [0.05, 0.1) is 13.3 Å². The van der Waals surface area contributed by atoms with Crippen LogP contribution >= 0.6 is 0 Å². The molecule has 5 rings (SSSR count). The van der Waals surface area contributed by atoms with Crippen molar-refractivity contribution in [2.24, 2.45) is 0 Å². The number of carbonyl (C=O) groups excluding carboxylic acids is 3. The second kappa shape index (κ2) is 11.5. The van der Waals surface area contributed by atoms with Gasteiger partial charge < -0.3 is 24.3 Å². The van der Waals surface area contributed by atoms with Crippen LogP contribution in [-0.4, -0.2) is 84.0 Å². The van der Waals surface area contributed by atoms with Crippen molar-refractivity contribution >= 4 is 23.4 Å². The van der Waals surface area contributed by atoms with E-state index in [-0.39, 0.29) is 24.3 Å². The largest absolute Gasteiger partial charge is 0.494 e. The molecule has 2 aromatic rings. The smallest absolute Gasteiger partial charge is 0.253 e. The highest BCUT2D eigenvalue weighted by molar-refractivity contribution is 5.97. The Balaban J connectivity index is 1.28. The van der Waals surface area contributed by atoms with E-state index in [4.69, 9.17) is 4.74 Å². The zero-order valence-electron chi connectivity index (χ0n) is 22.3. The summed E-state index contributed by atoms with van der Waals surface area (Å²) in [6.07, 6.45) is 5.18. The first-order valence-electron chi connectivity index (χ1n) is 13.9. The number of benzene rings is 2. The van der Waals surface area contributed by atoms with Gasteiger partial charge in [-0.25, -0.2) is 0 Å². The highest BCUT2D eigenvalue weighted by atomic mass is 16.5. The summed E-state index contributed by atoms with van der Waals surface area (Å²) < 4.78 is 5.73. The van der Waals surface area contributed by atoms with Crippen LogP contribution < -0.4 is 9.64 Å². The fraction of sp³-hybridized carbons (Fsp3) is 0.500. The average Bonchev–Trinajstić information content (AvgIpc) is 3.58. The lowest BCUT2D eigenvalue weighted by atomic mass is 9.85. The zero-order chi connectivity index (χ0) is 26.5. The van der Waals surface area contributed by atoms with Gasteiger partial charge in [0.15, 0.2) is 0 Å². The van der Waals surface area contributed by atoms with Crippen molar-refractivity contribution in [1.82, 2.24) is 14.7 Å². The SMILES string of the molecule is CCCCOc1ccc(C(=O)N2CCC3(CC2)C(=O)N(CC(=O)N2CCCC2)CN3c2ccccc2)cc1. The van der Waals surface area contributed by atoms with E-state index in [1.807, 2.05) is 64.4 Å². The van der Waals surface area contributed by atoms with E-state index >= 15 is 0 Å². The molecule has 0 atom stereocenters. The summed E-state index contributed by atoms with van der Waals surface area (Å²) in [4.78, 5) is 47.7. The normalized spacial score (nSPS) is 18.9. The lowest BCUT2D eigenvalue weighted by Crippen LogP contribution is -2.57. The molecule has 8 nitrogen and oxygen atoms in total. The Bertz CT molecular complexity index is 1120. The van der Waals surface area contributed by atoms with Crippen LogP contribution in [0.4, 0.5) is 5.69 Å². The van der Waals surface area contributed by atoms with E-state index in [0.717, 1.165) is 50.2 Å². The molecule has 3 heterocycles. The third-order valence-corrected chi connectivity index (χ3v) is 8.11. The van der Waals surface area contributed by atoms with Gasteiger partial charge in [0.25, 0.3) is 11.8 Å². The first kappa shape index (κ1) is 26.1. The van der Waals surface area contributed by atoms with E-state index in [1.165, 1.54) is 0 Å². The van der Waals surface area contributed by atoms with Gasteiger partial charge in [-0.15, -0.1) is 0 Å². The summed E-state index contributed by atoms with van der Waals surface area (Å²) in [7, 11) is 0. The Morgan fingerprint density at radius 3 is 2.24 bits per heavy atom. The summed E-state index contributed by atoms with van der Waals surface area (Å²) in [5.41, 5.74) is 0.843. The van der Waals surface area contributed by atoms with E-state index < -0.39 is 5.54 Å². The molecule has 3 fully saturated rings. The fourth-order valence-electron chi connectivity index (χ4n) is 5.84. The van der Waals surface area contributed by atoms with Gasteiger partial charge in [-0.05, 0) is 68.5 Å². The minimum Gasteiger partial charge on any atom is -0.494 e. The molecule has 3 amide bonds. The van der Waals surface area contributed by atoms with Gasteiger partial charge in [-0.3, -0.25) is 14.4 Å². The number of piperidine rings is 1. The average molecular weight is 519 g/mol. The molecule has 0 N–H and O–H groups in total. The lowest BCUT2D eigenvalue weighted by Gasteiger charge is -2.43. The number of carbonyl (C=O) groups is 3. The first-order valence-corrected chi connectivity index (χ1v) is 13.9. The molecule has 3 aliphatic rings. The summed E-state index contributed by atoms with van der Waals surface area (Å²) in [6, 6.07) is 17.3. The van der Waals surface area contributed by atoms with E-state index in [2.05, 4.69) is 11.8 Å². The van der Waals surface area contributed by atoms with Crippen molar-refractivity contribution in [3.05, 3.63) is 60.2 Å². The standard InChI is InChI=1S/C30H38N4O4/c1-2-3-21-38-26-13-11-24(12-14-26)28(36)32-19-15-30(16-20-32)29(37)33(22-27(35)31-17-7-8-18-31)23-34(30)25-9-5-4-6-10-25/h4-6,9-14H,2-3,7-8,15-23H2,1H3. The Hall–Kier alpha value is -3.55. The van der Waals surface area contributed by atoms with Gasteiger partial charge in [-0.1, -0.05) is 31.5 Å². The molecule has 0 radical (unpaired) electrons. The van der Waals surface area contributed by atoms with Crippen LogP contribution in [-0.2, 0) is 9.59 Å². The highest BCUT2D eigenvalue weighted by Crippen LogP contribution is 2.39. The molecule has 202 valence electrons. The fourth-order valence-corrected chi connectivity index (χ4v) is 5.84. The van der Waals surface area contributed by atoms with Crippen LogP contribution in [0.5, 0.6) is 5.75 Å². The summed E-state index contributed by atoms with van der Waals surface area (Å²) >= 11 is 0. The van der Waals surface area contributed by atoms with Crippen molar-refractivity contribution in [2.45, 2.75) is 51.0 Å². The lowest BCUT2D eigenvalue weighted by molar-refractivity contribution is -0.140. The topological polar surface area (TPSA) is 73.4 Å². The molecule has 0 unspecified atom stereocenters. The van der Waals surface area contributed by atoms with E-state index in [1.54, 1.807) is 4.90 Å². The molecule has 3 aliphatic heterocycles. The molecule has 0 bridgehead atoms. The molecular weight excluding hydrogens is 480 g/mol. The van der Waals surface area contributed by atoms with E-state index in [0.29, 0.717) is 44.8 Å². The number of likely N-dealkylation sites (tertiary alicyclic amines) is 2. The number of rotatable bonds is 8. The molecule has 38 heavy (non-hydrogen) atoms. The van der Waals surface area contributed by atoms with Crippen LogP contribution in [0.1, 0.15) is 55.8 Å². The Kier molecular flexibility index (Phi) is 7.86. The maximum Gasteiger partial charge on any atom is 0.253 e. The third-order valence-electron chi connectivity index (χ3n) is 8.11. The van der Waals surface area contributed by atoms with Crippen LogP contribution in [0, 0.1) is 0 Å². The number of para-hydroxylation sites is 1. The molecule has 3 saturated heterocycles. The number of hydrogen-bond acceptors (Lipinski definition) is 5. The van der Waals surface area contributed by atoms with Crippen molar-refractivity contribution in [3.8, 4) is 5.75 Å². The number of hydrogen-bond donors (Lipinski definition) is 0. The second-order valence-electron chi connectivity index (χ2n) is 10.5. The van der Waals surface area contributed by atoms with Crippen LogP contribution in [0.15, 0.2) is 54.6 Å². The monoisotopic (exact) mass is 518 g/mol. The summed E-state index contributed by atoms with van der Waals surface area (Å²) in [5.74, 6) is 0.758. The van der Waals surface area contributed by atoms with E-state index in [9.17, 15) is 14.4 Å². The number of amides is 3. The van der Waals surface area contributed by atoms with Crippen molar-refractivity contribution < 1.29 is 19.1 Å². The van der Waals surface area contributed by atoms with Gasteiger partial charge >= 0.3 is 0 Å². The Morgan fingerprint density at radius 1 is 0.895 bits per heavy atom. The summed E-state index contributed by atoms with van der Waals surface area (Å²) in [6.45, 7) is 5.80. The minimum atomic E-state index is -0.750. The van der Waals surface area contributed by atoms with Crippen LogP contribution in [0.2, 0.25) is 0 Å². The quantitative estimate of drug-likeness (QED) is 0.498. The number of nitrogens with zero attached hydrogens (tertiary/aromatic N) is 4. The third kappa shape index (κ3) is 5.22. The van der Waals surface area contributed by atoms with Crippen molar-refractivity contribution in [2.75, 3.05) is 50.9 Å². The maximum atomic E-state index is 13.9. The minimum absolute atomic E-state index is 0.00502. The van der Waals surface area contributed by atoms with Gasteiger partial charge in [0.2, 0.25) is 5.91 Å². The van der Waals surface area contributed by atoms with Gasteiger partial charge in [0.1, 0.15) is 17.8 Å². The molecule has 0 aromatic heterocycles. The number of anilines is 1. The first-order chi connectivity index (χ1) is 18.5. The molecule has 0 aliphatic carbocycles. The molecule has 2 aromatic carbocycles.